The van der Waals surface area contributed by atoms with Gasteiger partial charge in [0.2, 0.25) is 0 Å². The van der Waals surface area contributed by atoms with Gasteiger partial charge in [-0.1, -0.05) is 30.3 Å². The fourth-order valence-electron chi connectivity index (χ4n) is 3.80. The smallest absolute Gasteiger partial charge is 0.0246 e. The van der Waals surface area contributed by atoms with Crippen LogP contribution in [0.5, 0.6) is 0 Å². The Hall–Kier alpha value is -0.900. The molecule has 2 aliphatic heterocycles. The highest BCUT2D eigenvalue weighted by atomic mass is 15.2. The average Bonchev–Trinajstić information content (AvgIpc) is 2.85. The van der Waals surface area contributed by atoms with E-state index in [9.17, 15) is 0 Å². The van der Waals surface area contributed by atoms with Crippen LogP contribution < -0.4 is 11.1 Å². The Bertz CT molecular complexity index is 396. The Morgan fingerprint density at radius 2 is 1.95 bits per heavy atom. The highest BCUT2D eigenvalue weighted by Crippen LogP contribution is 2.35. The molecule has 0 amide bonds. The summed E-state index contributed by atoms with van der Waals surface area (Å²) in [6, 6.07) is 10.8. The number of hydrogen-bond donors (Lipinski definition) is 2. The van der Waals surface area contributed by atoms with Gasteiger partial charge in [-0.3, -0.25) is 4.90 Å². The van der Waals surface area contributed by atoms with Crippen LogP contribution in [-0.2, 0) is 6.54 Å². The van der Waals surface area contributed by atoms with Gasteiger partial charge >= 0.3 is 0 Å². The number of hydrogen-bond acceptors (Lipinski definition) is 3. The van der Waals surface area contributed by atoms with Crippen LogP contribution in [-0.4, -0.2) is 36.6 Å². The molecule has 3 rings (SSSR count). The van der Waals surface area contributed by atoms with Crippen molar-refractivity contribution in [2.45, 2.75) is 31.3 Å². The van der Waals surface area contributed by atoms with Crippen molar-refractivity contribution in [1.29, 1.82) is 0 Å². The summed E-state index contributed by atoms with van der Waals surface area (Å²) in [5.41, 5.74) is 7.72. The molecule has 3 nitrogen and oxygen atoms in total. The first-order valence-electron chi connectivity index (χ1n) is 7.54. The molecule has 0 aliphatic carbocycles. The number of nitrogens with zero attached hydrogens (tertiary/aromatic N) is 1. The van der Waals surface area contributed by atoms with Crippen molar-refractivity contribution in [2.75, 3.05) is 26.2 Å². The minimum absolute atomic E-state index is 0.349. The Kier molecular flexibility index (Phi) is 3.87. The van der Waals surface area contributed by atoms with E-state index in [1.807, 2.05) is 0 Å². The summed E-state index contributed by atoms with van der Waals surface area (Å²) in [5.74, 6) is 0.686. The third kappa shape index (κ3) is 2.69. The summed E-state index contributed by atoms with van der Waals surface area (Å²) in [5, 5.41) is 3.75. The second-order valence-electron chi connectivity index (χ2n) is 6.07. The summed E-state index contributed by atoms with van der Waals surface area (Å²) in [7, 11) is 0. The van der Waals surface area contributed by atoms with Crippen molar-refractivity contribution in [3.8, 4) is 0 Å². The molecule has 0 radical (unpaired) electrons. The lowest BCUT2D eigenvalue weighted by Crippen LogP contribution is -2.54. The van der Waals surface area contributed by atoms with E-state index in [1.54, 1.807) is 0 Å². The molecule has 0 bridgehead atoms. The minimum Gasteiger partial charge on any atom is -0.330 e. The van der Waals surface area contributed by atoms with Crippen molar-refractivity contribution >= 4 is 0 Å². The Balaban J connectivity index is 1.58. The molecule has 1 unspecified atom stereocenters. The third-order valence-electron chi connectivity index (χ3n) is 5.03. The highest BCUT2D eigenvalue weighted by Gasteiger charge is 2.43. The van der Waals surface area contributed by atoms with Crippen molar-refractivity contribution < 1.29 is 0 Å². The molecule has 1 aromatic rings. The number of benzene rings is 1. The van der Waals surface area contributed by atoms with E-state index < -0.39 is 0 Å². The normalized spacial score (nSPS) is 26.9. The first kappa shape index (κ1) is 13.1. The summed E-state index contributed by atoms with van der Waals surface area (Å²) < 4.78 is 0. The third-order valence-corrected chi connectivity index (χ3v) is 5.03. The molecule has 0 saturated carbocycles. The second-order valence-corrected chi connectivity index (χ2v) is 6.07. The maximum absolute atomic E-state index is 5.94. The Morgan fingerprint density at radius 3 is 2.63 bits per heavy atom. The number of nitrogens with two attached hydrogens (primary N) is 1. The molecule has 2 fully saturated rings. The van der Waals surface area contributed by atoms with Crippen LogP contribution in [0.1, 0.15) is 24.8 Å². The predicted molar refractivity (Wildman–Crippen MR) is 78.8 cm³/mol. The van der Waals surface area contributed by atoms with Crippen LogP contribution in [0.2, 0.25) is 0 Å². The molecule has 1 aromatic carbocycles. The molecule has 2 heterocycles. The van der Waals surface area contributed by atoms with E-state index in [-0.39, 0.29) is 0 Å². The van der Waals surface area contributed by atoms with E-state index in [4.69, 9.17) is 5.73 Å². The van der Waals surface area contributed by atoms with Gasteiger partial charge in [0.15, 0.2) is 0 Å². The summed E-state index contributed by atoms with van der Waals surface area (Å²) in [4.78, 5) is 2.58. The van der Waals surface area contributed by atoms with Gasteiger partial charge in [0.1, 0.15) is 0 Å². The molecule has 2 aliphatic rings. The fourth-order valence-corrected chi connectivity index (χ4v) is 3.80. The molecule has 1 atom stereocenters. The molecule has 19 heavy (non-hydrogen) atoms. The maximum atomic E-state index is 5.94. The number of piperidine rings is 1. The fraction of sp³-hybridized carbons (Fsp3) is 0.625. The van der Waals surface area contributed by atoms with Gasteiger partial charge in [-0.05, 0) is 43.8 Å². The van der Waals surface area contributed by atoms with Gasteiger partial charge in [-0.25, -0.2) is 0 Å². The van der Waals surface area contributed by atoms with Crippen molar-refractivity contribution in [1.82, 2.24) is 10.2 Å². The van der Waals surface area contributed by atoms with Crippen LogP contribution in [0.4, 0.5) is 0 Å². The zero-order chi connectivity index (χ0) is 13.1. The second kappa shape index (κ2) is 5.61. The van der Waals surface area contributed by atoms with Gasteiger partial charge in [0, 0.05) is 25.2 Å². The van der Waals surface area contributed by atoms with Gasteiger partial charge in [0.05, 0.1) is 0 Å². The lowest BCUT2D eigenvalue weighted by Gasteiger charge is -2.43. The summed E-state index contributed by atoms with van der Waals surface area (Å²) in [6.07, 6.45) is 3.76. The average molecular weight is 259 g/mol. The summed E-state index contributed by atoms with van der Waals surface area (Å²) >= 11 is 0. The number of rotatable bonds is 3. The van der Waals surface area contributed by atoms with E-state index in [0.29, 0.717) is 11.5 Å². The van der Waals surface area contributed by atoms with Crippen molar-refractivity contribution in [3.63, 3.8) is 0 Å². The van der Waals surface area contributed by atoms with E-state index in [2.05, 4.69) is 40.5 Å². The van der Waals surface area contributed by atoms with Crippen molar-refractivity contribution in [3.05, 3.63) is 35.9 Å². The molecule has 3 heteroatoms. The van der Waals surface area contributed by atoms with Crippen LogP contribution in [0.25, 0.3) is 0 Å². The zero-order valence-electron chi connectivity index (χ0n) is 11.6. The van der Waals surface area contributed by atoms with Gasteiger partial charge < -0.3 is 11.1 Å². The quantitative estimate of drug-likeness (QED) is 0.866. The largest absolute Gasteiger partial charge is 0.330 e. The van der Waals surface area contributed by atoms with E-state index >= 15 is 0 Å². The molecule has 0 aromatic heterocycles. The molecular weight excluding hydrogens is 234 g/mol. The first-order chi connectivity index (χ1) is 9.32. The van der Waals surface area contributed by atoms with E-state index in [0.717, 1.165) is 19.6 Å². The summed E-state index contributed by atoms with van der Waals surface area (Å²) in [6.45, 7) is 5.47. The zero-order valence-corrected chi connectivity index (χ0v) is 11.6. The SMILES string of the molecule is NCC1CCNC12CCN(Cc1ccccc1)CC2. The van der Waals surface area contributed by atoms with Crippen LogP contribution in [0, 0.1) is 5.92 Å². The van der Waals surface area contributed by atoms with Gasteiger partial charge in [0.25, 0.3) is 0 Å². The monoisotopic (exact) mass is 259 g/mol. The van der Waals surface area contributed by atoms with Crippen LogP contribution >= 0.6 is 0 Å². The maximum Gasteiger partial charge on any atom is 0.0246 e. The standard InChI is InChI=1S/C16H25N3/c17-12-15-6-9-18-16(15)7-10-19(11-8-16)13-14-4-2-1-3-5-14/h1-5,15,18H,6-13,17H2. The van der Waals surface area contributed by atoms with Crippen LogP contribution in [0.3, 0.4) is 0 Å². The molecule has 3 N–H and O–H groups in total. The Labute approximate surface area is 116 Å². The lowest BCUT2D eigenvalue weighted by atomic mass is 9.77. The molecule has 104 valence electrons. The van der Waals surface area contributed by atoms with Gasteiger partial charge in [-0.15, -0.1) is 0 Å². The Morgan fingerprint density at radius 1 is 1.21 bits per heavy atom. The molecule has 1 spiro atoms. The molecular formula is C16H25N3. The van der Waals surface area contributed by atoms with E-state index in [1.165, 1.54) is 37.9 Å². The van der Waals surface area contributed by atoms with Gasteiger partial charge in [-0.2, -0.15) is 0 Å². The lowest BCUT2D eigenvalue weighted by molar-refractivity contribution is 0.114. The number of likely N-dealkylation sites (tertiary alicyclic amines) is 1. The van der Waals surface area contributed by atoms with Crippen molar-refractivity contribution in [2.24, 2.45) is 11.7 Å². The predicted octanol–water partition coefficient (Wildman–Crippen LogP) is 1.59. The minimum atomic E-state index is 0.349. The highest BCUT2D eigenvalue weighted by molar-refractivity contribution is 5.15. The first-order valence-corrected chi connectivity index (χ1v) is 7.54. The topological polar surface area (TPSA) is 41.3 Å². The molecule has 2 saturated heterocycles. The van der Waals surface area contributed by atoms with Crippen LogP contribution in [0.15, 0.2) is 30.3 Å². The number of nitrogens with one attached hydrogen (secondary N) is 1.